The Labute approximate surface area is 93.8 Å². The zero-order chi connectivity index (χ0) is 11.7. The monoisotopic (exact) mass is 221 g/mol. The highest BCUT2D eigenvalue weighted by molar-refractivity contribution is 5.34. The summed E-state index contributed by atoms with van der Waals surface area (Å²) in [5, 5.41) is 4.12. The van der Waals surface area contributed by atoms with E-state index in [0.29, 0.717) is 5.75 Å². The lowest BCUT2D eigenvalue weighted by Gasteiger charge is -2.12. The van der Waals surface area contributed by atoms with E-state index in [1.807, 2.05) is 20.0 Å². The topological polar surface area (TPSA) is 66.2 Å². The van der Waals surface area contributed by atoms with Crippen LogP contribution in [0.1, 0.15) is 23.1 Å². The Morgan fingerprint density at radius 2 is 2.31 bits per heavy atom. The maximum atomic E-state index is 6.15. The molecular formula is C11H15N3O2. The molecule has 0 saturated heterocycles. The standard InChI is InChI=1S/C11H15N3O2/c1-7-4-5-16-11(7)9(12)10-8(15-3)6-13-14(10)2/h4-6,9H,12H2,1-3H3. The fourth-order valence-electron chi connectivity index (χ4n) is 1.77. The van der Waals surface area contributed by atoms with Crippen LogP contribution < -0.4 is 10.5 Å². The summed E-state index contributed by atoms with van der Waals surface area (Å²) in [6.07, 6.45) is 3.28. The molecule has 0 radical (unpaired) electrons. The highest BCUT2D eigenvalue weighted by Crippen LogP contribution is 2.29. The molecule has 2 heterocycles. The minimum atomic E-state index is -0.363. The van der Waals surface area contributed by atoms with Crippen LogP contribution in [0.25, 0.3) is 0 Å². The summed E-state index contributed by atoms with van der Waals surface area (Å²) in [6.45, 7) is 1.96. The Bertz CT molecular complexity index is 487. The van der Waals surface area contributed by atoms with Gasteiger partial charge in [-0.05, 0) is 18.6 Å². The highest BCUT2D eigenvalue weighted by Gasteiger charge is 2.22. The summed E-state index contributed by atoms with van der Waals surface area (Å²) in [5.41, 5.74) is 7.98. The third kappa shape index (κ3) is 1.59. The Hall–Kier alpha value is -1.75. The van der Waals surface area contributed by atoms with Gasteiger partial charge in [0, 0.05) is 7.05 Å². The maximum Gasteiger partial charge on any atom is 0.162 e. The quantitative estimate of drug-likeness (QED) is 0.850. The Morgan fingerprint density at radius 3 is 2.88 bits per heavy atom. The van der Waals surface area contributed by atoms with E-state index in [4.69, 9.17) is 14.9 Å². The number of nitrogens with two attached hydrogens (primary N) is 1. The lowest BCUT2D eigenvalue weighted by molar-refractivity contribution is 0.399. The number of hydrogen-bond donors (Lipinski definition) is 1. The molecule has 5 nitrogen and oxygen atoms in total. The SMILES string of the molecule is COc1cnn(C)c1C(N)c1occc1C. The van der Waals surface area contributed by atoms with Crippen molar-refractivity contribution in [1.82, 2.24) is 9.78 Å². The molecule has 2 aromatic heterocycles. The van der Waals surface area contributed by atoms with Gasteiger partial charge in [0.1, 0.15) is 17.5 Å². The van der Waals surface area contributed by atoms with Crippen molar-refractivity contribution in [3.05, 3.63) is 35.5 Å². The first-order valence-corrected chi connectivity index (χ1v) is 5.00. The molecule has 0 bridgehead atoms. The maximum absolute atomic E-state index is 6.15. The van der Waals surface area contributed by atoms with E-state index in [9.17, 15) is 0 Å². The molecule has 0 aromatic carbocycles. The van der Waals surface area contributed by atoms with Crippen molar-refractivity contribution in [2.75, 3.05) is 7.11 Å². The average molecular weight is 221 g/mol. The van der Waals surface area contributed by atoms with Crippen molar-refractivity contribution >= 4 is 0 Å². The Morgan fingerprint density at radius 1 is 1.56 bits per heavy atom. The van der Waals surface area contributed by atoms with Gasteiger partial charge in [0.25, 0.3) is 0 Å². The van der Waals surface area contributed by atoms with Crippen LogP contribution >= 0.6 is 0 Å². The van der Waals surface area contributed by atoms with Gasteiger partial charge in [-0.25, -0.2) is 0 Å². The highest BCUT2D eigenvalue weighted by atomic mass is 16.5. The first-order chi connectivity index (χ1) is 7.65. The van der Waals surface area contributed by atoms with Crippen LogP contribution in [0.2, 0.25) is 0 Å². The molecule has 0 aliphatic carbocycles. The predicted molar refractivity (Wildman–Crippen MR) is 59.2 cm³/mol. The first-order valence-electron chi connectivity index (χ1n) is 5.00. The molecular weight excluding hydrogens is 206 g/mol. The zero-order valence-electron chi connectivity index (χ0n) is 9.60. The summed E-state index contributed by atoms with van der Waals surface area (Å²) in [5.74, 6) is 1.41. The van der Waals surface area contributed by atoms with E-state index in [-0.39, 0.29) is 6.04 Å². The lowest BCUT2D eigenvalue weighted by atomic mass is 10.1. The van der Waals surface area contributed by atoms with Crippen LogP contribution in [0.15, 0.2) is 22.9 Å². The molecule has 1 unspecified atom stereocenters. The molecule has 0 aliphatic rings. The largest absolute Gasteiger partial charge is 0.493 e. The van der Waals surface area contributed by atoms with Crippen LogP contribution in [-0.4, -0.2) is 16.9 Å². The fourth-order valence-corrected chi connectivity index (χ4v) is 1.77. The number of ether oxygens (including phenoxy) is 1. The van der Waals surface area contributed by atoms with Crippen LogP contribution in [0, 0.1) is 6.92 Å². The van der Waals surface area contributed by atoms with Crippen LogP contribution in [0.4, 0.5) is 0 Å². The molecule has 16 heavy (non-hydrogen) atoms. The molecule has 86 valence electrons. The molecule has 0 aliphatic heterocycles. The molecule has 2 rings (SSSR count). The van der Waals surface area contributed by atoms with Gasteiger partial charge in [-0.15, -0.1) is 0 Å². The molecule has 0 fully saturated rings. The lowest BCUT2D eigenvalue weighted by Crippen LogP contribution is -2.17. The van der Waals surface area contributed by atoms with E-state index in [0.717, 1.165) is 17.0 Å². The molecule has 5 heteroatoms. The number of methoxy groups -OCH3 is 1. The molecule has 0 spiro atoms. The van der Waals surface area contributed by atoms with Gasteiger partial charge in [-0.1, -0.05) is 0 Å². The van der Waals surface area contributed by atoms with Crippen LogP contribution in [0.5, 0.6) is 5.75 Å². The summed E-state index contributed by atoms with van der Waals surface area (Å²) < 4.78 is 12.3. The van der Waals surface area contributed by atoms with Crippen molar-refractivity contribution in [1.29, 1.82) is 0 Å². The second-order valence-corrected chi connectivity index (χ2v) is 3.67. The van der Waals surface area contributed by atoms with E-state index < -0.39 is 0 Å². The van der Waals surface area contributed by atoms with Gasteiger partial charge >= 0.3 is 0 Å². The number of furan rings is 1. The normalized spacial score (nSPS) is 12.8. The van der Waals surface area contributed by atoms with Gasteiger partial charge in [0.05, 0.1) is 19.6 Å². The van der Waals surface area contributed by atoms with E-state index >= 15 is 0 Å². The van der Waals surface area contributed by atoms with Crippen LogP contribution in [-0.2, 0) is 7.05 Å². The third-order valence-electron chi connectivity index (χ3n) is 2.65. The molecule has 0 amide bonds. The van der Waals surface area contributed by atoms with Crippen molar-refractivity contribution in [3.8, 4) is 5.75 Å². The number of aryl methyl sites for hydroxylation is 2. The summed E-state index contributed by atoms with van der Waals surface area (Å²) in [7, 11) is 3.43. The van der Waals surface area contributed by atoms with Gasteiger partial charge in [-0.3, -0.25) is 4.68 Å². The molecule has 0 saturated carbocycles. The van der Waals surface area contributed by atoms with Crippen molar-refractivity contribution in [2.24, 2.45) is 12.8 Å². The van der Waals surface area contributed by atoms with E-state index in [2.05, 4.69) is 5.10 Å². The molecule has 1 atom stereocenters. The molecule has 2 aromatic rings. The second kappa shape index (κ2) is 4.02. The summed E-state index contributed by atoms with van der Waals surface area (Å²) >= 11 is 0. The Kier molecular flexibility index (Phi) is 2.70. The van der Waals surface area contributed by atoms with Gasteiger partial charge in [0.15, 0.2) is 5.75 Å². The zero-order valence-corrected chi connectivity index (χ0v) is 9.60. The minimum absolute atomic E-state index is 0.363. The van der Waals surface area contributed by atoms with Gasteiger partial charge in [-0.2, -0.15) is 5.10 Å². The van der Waals surface area contributed by atoms with Gasteiger partial charge < -0.3 is 14.9 Å². The van der Waals surface area contributed by atoms with E-state index in [1.54, 1.807) is 24.3 Å². The average Bonchev–Trinajstić information content (AvgIpc) is 2.83. The molecule has 2 N–H and O–H groups in total. The van der Waals surface area contributed by atoms with Crippen molar-refractivity contribution < 1.29 is 9.15 Å². The summed E-state index contributed by atoms with van der Waals surface area (Å²) in [6, 6.07) is 1.52. The number of nitrogens with zero attached hydrogens (tertiary/aromatic N) is 2. The Balaban J connectivity index is 2.44. The van der Waals surface area contributed by atoms with Gasteiger partial charge in [0.2, 0.25) is 0 Å². The fraction of sp³-hybridized carbons (Fsp3) is 0.364. The van der Waals surface area contributed by atoms with E-state index in [1.165, 1.54) is 0 Å². The second-order valence-electron chi connectivity index (χ2n) is 3.67. The third-order valence-corrected chi connectivity index (χ3v) is 2.65. The number of rotatable bonds is 3. The van der Waals surface area contributed by atoms with Crippen molar-refractivity contribution in [2.45, 2.75) is 13.0 Å². The van der Waals surface area contributed by atoms with Crippen molar-refractivity contribution in [3.63, 3.8) is 0 Å². The first kappa shape index (κ1) is 10.8. The smallest absolute Gasteiger partial charge is 0.162 e. The number of aromatic nitrogens is 2. The van der Waals surface area contributed by atoms with Crippen LogP contribution in [0.3, 0.4) is 0 Å². The summed E-state index contributed by atoms with van der Waals surface area (Å²) in [4.78, 5) is 0. The number of hydrogen-bond acceptors (Lipinski definition) is 4. The predicted octanol–water partition coefficient (Wildman–Crippen LogP) is 1.38. The minimum Gasteiger partial charge on any atom is -0.493 e.